The molecule has 0 saturated carbocycles. The summed E-state index contributed by atoms with van der Waals surface area (Å²) in [6.07, 6.45) is 3.19. The van der Waals surface area contributed by atoms with Gasteiger partial charge in [0.1, 0.15) is 11.5 Å². The first-order valence-corrected chi connectivity index (χ1v) is 11.3. The van der Waals surface area contributed by atoms with E-state index in [0.717, 1.165) is 11.1 Å². The zero-order valence-electron chi connectivity index (χ0n) is 20.3. The standard InChI is InChI=1S/C30H14O9.U/c31-15-21-2-1-19(13-22(21)16-32)27(33)37-23-8-3-17(4-9-23)18-5-10-24(11-6-18)38-28(34)20-7-12-25-26(14-20)30(36)39-29(25)35;/h1-14H;/q-2;+2. The summed E-state index contributed by atoms with van der Waals surface area (Å²) < 4.78 is 15.2. The van der Waals surface area contributed by atoms with Gasteiger partial charge in [-0.05, 0) is 71.7 Å². The van der Waals surface area contributed by atoms with Gasteiger partial charge in [0.25, 0.3) is 0 Å². The summed E-state index contributed by atoms with van der Waals surface area (Å²) in [5.74, 6) is -2.47. The Bertz CT molecular complexity index is 1670. The van der Waals surface area contributed by atoms with E-state index in [9.17, 15) is 28.8 Å². The number of benzene rings is 4. The van der Waals surface area contributed by atoms with Crippen LogP contribution in [0.5, 0.6) is 11.5 Å². The van der Waals surface area contributed by atoms with Crippen molar-refractivity contribution in [1.82, 2.24) is 0 Å². The Labute approximate surface area is 250 Å². The molecule has 0 N–H and O–H groups in total. The van der Waals surface area contributed by atoms with Crippen molar-refractivity contribution in [3.63, 3.8) is 0 Å². The summed E-state index contributed by atoms with van der Waals surface area (Å²) in [5, 5.41) is 0. The van der Waals surface area contributed by atoms with Crippen LogP contribution in [-0.2, 0) is 14.3 Å². The molecule has 0 aliphatic carbocycles. The molecule has 4 aromatic rings. The van der Waals surface area contributed by atoms with Gasteiger partial charge < -0.3 is 23.8 Å². The number of hydrogen-bond acceptors (Lipinski definition) is 9. The summed E-state index contributed by atoms with van der Waals surface area (Å²) in [5.41, 5.74) is 1.77. The normalized spacial score (nSPS) is 11.5. The molecule has 40 heavy (non-hydrogen) atoms. The largest absolute Gasteiger partial charge is 2.00 e. The van der Waals surface area contributed by atoms with Crippen LogP contribution < -0.4 is 9.47 Å². The molecule has 5 rings (SSSR count). The van der Waals surface area contributed by atoms with Crippen molar-refractivity contribution in [2.75, 3.05) is 0 Å². The van der Waals surface area contributed by atoms with Crippen LogP contribution in [-0.4, -0.2) is 36.4 Å². The topological polar surface area (TPSA) is 130 Å². The molecule has 1 aliphatic heterocycles. The summed E-state index contributed by atoms with van der Waals surface area (Å²) >= 11 is 0. The molecule has 0 fully saturated rings. The van der Waals surface area contributed by atoms with Crippen molar-refractivity contribution in [3.05, 3.63) is 118 Å². The van der Waals surface area contributed by atoms with Crippen LogP contribution in [0.4, 0.5) is 0 Å². The van der Waals surface area contributed by atoms with Crippen molar-refractivity contribution >= 4 is 36.4 Å². The number of cyclic esters (lactones) is 2. The molecule has 0 unspecified atom stereocenters. The molecule has 0 bridgehead atoms. The fourth-order valence-corrected chi connectivity index (χ4v) is 3.82. The van der Waals surface area contributed by atoms with Crippen molar-refractivity contribution < 1.29 is 74.1 Å². The number of ether oxygens (including phenoxy) is 3. The molecule has 192 valence electrons. The molecule has 1 heterocycles. The Kier molecular flexibility index (Phi) is 8.53. The number of carbonyl (C=O) groups excluding carboxylic acids is 6. The first-order valence-electron chi connectivity index (χ1n) is 11.3. The second-order valence-electron chi connectivity index (χ2n) is 8.23. The Balaban J connectivity index is 0.00000370. The van der Waals surface area contributed by atoms with Crippen molar-refractivity contribution in [2.24, 2.45) is 0 Å². The van der Waals surface area contributed by atoms with Gasteiger partial charge in [-0.2, -0.15) is 0 Å². The Morgan fingerprint density at radius 2 is 1.05 bits per heavy atom. The predicted molar refractivity (Wildman–Crippen MR) is 134 cm³/mol. The van der Waals surface area contributed by atoms with E-state index in [-0.39, 0.29) is 76.0 Å². The van der Waals surface area contributed by atoms with Crippen LogP contribution in [0.3, 0.4) is 0 Å². The van der Waals surface area contributed by atoms with E-state index in [1.807, 2.05) is 0 Å². The summed E-state index contributed by atoms with van der Waals surface area (Å²) in [4.78, 5) is 70.0. The van der Waals surface area contributed by atoms with Gasteiger partial charge in [0, 0.05) is 0 Å². The van der Waals surface area contributed by atoms with E-state index in [2.05, 4.69) is 4.74 Å². The number of rotatable bonds is 7. The quantitative estimate of drug-likeness (QED) is 0.119. The molecule has 0 aromatic heterocycles. The fraction of sp³-hybridized carbons (Fsp3) is 0. The zero-order chi connectivity index (χ0) is 27.5. The summed E-state index contributed by atoms with van der Waals surface area (Å²) in [6, 6.07) is 21.1. The van der Waals surface area contributed by atoms with Gasteiger partial charge >= 0.3 is 55.0 Å². The van der Waals surface area contributed by atoms with E-state index in [0.29, 0.717) is 0 Å². The summed E-state index contributed by atoms with van der Waals surface area (Å²) in [6.45, 7) is 0. The predicted octanol–water partition coefficient (Wildman–Crippen LogP) is 4.02. The van der Waals surface area contributed by atoms with Crippen LogP contribution in [0.2, 0.25) is 0 Å². The average molecular weight is 756 g/mol. The molecular weight excluding hydrogens is 742 g/mol. The summed E-state index contributed by atoms with van der Waals surface area (Å²) in [7, 11) is 0. The van der Waals surface area contributed by atoms with Gasteiger partial charge in [-0.3, -0.25) is 11.1 Å². The molecule has 1 aliphatic rings. The van der Waals surface area contributed by atoms with Crippen LogP contribution in [0.1, 0.15) is 52.6 Å². The first-order chi connectivity index (χ1) is 18.9. The Morgan fingerprint density at radius 3 is 1.57 bits per heavy atom. The van der Waals surface area contributed by atoms with Crippen LogP contribution >= 0.6 is 0 Å². The van der Waals surface area contributed by atoms with Gasteiger partial charge in [-0.25, -0.2) is 31.3 Å². The SMILES string of the molecule is O=[C-]c1ccc(C(=O)Oc2ccc(-c3ccc(OC(=O)c4ccc5c(c4)C(=O)OC5=O)cc3)cc2)cc1[C-]=O.[U+2]. The molecule has 0 radical (unpaired) electrons. The molecular formula is C30H14O9U. The average Bonchev–Trinajstić information content (AvgIpc) is 3.25. The van der Waals surface area contributed by atoms with E-state index in [1.165, 1.54) is 36.4 Å². The number of fused-ring (bicyclic) bond motifs is 1. The number of carbonyl (C=O) groups is 4. The Hall–Kier alpha value is -4.65. The molecule has 0 atom stereocenters. The fourth-order valence-electron chi connectivity index (χ4n) is 3.82. The second-order valence-corrected chi connectivity index (χ2v) is 8.23. The second kappa shape index (κ2) is 12.0. The van der Waals surface area contributed by atoms with Gasteiger partial charge in [0.2, 0.25) is 0 Å². The minimum absolute atomic E-state index is 0. The smallest absolute Gasteiger partial charge is 0.424 e. The van der Waals surface area contributed by atoms with Gasteiger partial charge in [0.15, 0.2) is 0 Å². The molecule has 0 amide bonds. The molecule has 4 aromatic carbocycles. The van der Waals surface area contributed by atoms with E-state index >= 15 is 0 Å². The van der Waals surface area contributed by atoms with E-state index in [4.69, 9.17) is 9.47 Å². The first kappa shape index (κ1) is 28.4. The molecule has 9 nitrogen and oxygen atoms in total. The maximum absolute atomic E-state index is 12.5. The van der Waals surface area contributed by atoms with Crippen LogP contribution in [0, 0.1) is 31.1 Å². The van der Waals surface area contributed by atoms with Crippen LogP contribution in [0.25, 0.3) is 11.1 Å². The minimum atomic E-state index is -0.813. The monoisotopic (exact) mass is 756 g/mol. The van der Waals surface area contributed by atoms with Crippen molar-refractivity contribution in [1.29, 1.82) is 0 Å². The number of hydrogen-bond donors (Lipinski definition) is 0. The van der Waals surface area contributed by atoms with Crippen molar-refractivity contribution in [2.45, 2.75) is 0 Å². The van der Waals surface area contributed by atoms with Gasteiger partial charge in [-0.15, -0.1) is 6.07 Å². The van der Waals surface area contributed by atoms with Crippen molar-refractivity contribution in [3.8, 4) is 22.6 Å². The third-order valence-electron chi connectivity index (χ3n) is 5.82. The maximum Gasteiger partial charge on any atom is 2.00 e. The number of esters is 4. The minimum Gasteiger partial charge on any atom is -0.424 e. The van der Waals surface area contributed by atoms with Gasteiger partial charge in [-0.1, -0.05) is 24.3 Å². The zero-order valence-corrected chi connectivity index (χ0v) is 24.4. The molecule has 0 spiro atoms. The maximum atomic E-state index is 12.5. The Morgan fingerprint density at radius 1 is 0.575 bits per heavy atom. The van der Waals surface area contributed by atoms with Crippen LogP contribution in [0.15, 0.2) is 84.9 Å². The molecule has 10 heteroatoms. The van der Waals surface area contributed by atoms with E-state index in [1.54, 1.807) is 61.1 Å². The molecule has 0 saturated heterocycles. The third kappa shape index (κ3) is 5.83. The van der Waals surface area contributed by atoms with Gasteiger partial charge in [0.05, 0.1) is 16.7 Å². The van der Waals surface area contributed by atoms with E-state index < -0.39 is 23.9 Å². The third-order valence-corrected chi connectivity index (χ3v) is 5.82.